The van der Waals surface area contributed by atoms with Crippen molar-refractivity contribution in [3.05, 3.63) is 69.4 Å². The summed E-state index contributed by atoms with van der Waals surface area (Å²) in [6.07, 6.45) is 4.91. The molecule has 4 rings (SSSR count). The number of hydrogen-bond donors (Lipinski definition) is 2. The van der Waals surface area contributed by atoms with Gasteiger partial charge in [-0.15, -0.1) is 0 Å². The zero-order valence-electron chi connectivity index (χ0n) is 16.7. The van der Waals surface area contributed by atoms with Gasteiger partial charge in [0.15, 0.2) is 0 Å². The first-order chi connectivity index (χ1) is 14.0. The summed E-state index contributed by atoms with van der Waals surface area (Å²) in [6, 6.07) is 9.70. The predicted molar refractivity (Wildman–Crippen MR) is 111 cm³/mol. The van der Waals surface area contributed by atoms with Gasteiger partial charge in [-0.25, -0.2) is 4.98 Å². The lowest BCUT2D eigenvalue weighted by atomic mass is 9.99. The molecule has 0 aliphatic heterocycles. The Hall–Kier alpha value is -3.22. The van der Waals surface area contributed by atoms with Crippen molar-refractivity contribution >= 4 is 5.91 Å². The molecule has 7 heteroatoms. The molecule has 2 heterocycles. The summed E-state index contributed by atoms with van der Waals surface area (Å²) in [5.41, 5.74) is 3.85. The first-order valence-corrected chi connectivity index (χ1v) is 9.97. The van der Waals surface area contributed by atoms with Gasteiger partial charge in [0, 0.05) is 30.9 Å². The molecule has 0 spiro atoms. The van der Waals surface area contributed by atoms with Crippen molar-refractivity contribution < 1.29 is 4.79 Å². The quantitative estimate of drug-likeness (QED) is 0.668. The molecule has 0 saturated heterocycles. The van der Waals surface area contributed by atoms with Gasteiger partial charge in [0.05, 0.1) is 17.0 Å². The monoisotopic (exact) mass is 391 g/mol. The Morgan fingerprint density at radius 3 is 2.72 bits per heavy atom. The van der Waals surface area contributed by atoms with Crippen LogP contribution in [-0.4, -0.2) is 32.2 Å². The molecule has 2 N–H and O–H groups in total. The van der Waals surface area contributed by atoms with E-state index in [0.29, 0.717) is 30.3 Å². The minimum atomic E-state index is -0.0975. The summed E-state index contributed by atoms with van der Waals surface area (Å²) in [7, 11) is 1.81. The maximum Gasteiger partial charge on any atom is 0.254 e. The fourth-order valence-electron chi connectivity index (χ4n) is 3.93. The highest BCUT2D eigenvalue weighted by Crippen LogP contribution is 2.23. The molecule has 2 aromatic heterocycles. The van der Waals surface area contributed by atoms with Crippen LogP contribution in [0, 0.1) is 12.8 Å². The number of carbonyl (C=O) groups is 1. The van der Waals surface area contributed by atoms with Crippen LogP contribution in [0.15, 0.2) is 41.3 Å². The fraction of sp³-hybridized carbons (Fsp3) is 0.364. The summed E-state index contributed by atoms with van der Waals surface area (Å²) in [5, 5.41) is 7.25. The number of benzene rings is 1. The van der Waals surface area contributed by atoms with E-state index in [1.54, 1.807) is 17.9 Å². The number of rotatable bonds is 4. The highest BCUT2D eigenvalue weighted by molar-refractivity contribution is 5.94. The second-order valence-electron chi connectivity index (χ2n) is 7.66. The molecule has 1 aliphatic rings. The summed E-state index contributed by atoms with van der Waals surface area (Å²) in [6.45, 7) is 2.42. The third-order valence-corrected chi connectivity index (χ3v) is 5.55. The van der Waals surface area contributed by atoms with Crippen LogP contribution in [0.2, 0.25) is 0 Å². The molecule has 0 bridgehead atoms. The van der Waals surface area contributed by atoms with Crippen LogP contribution in [-0.2, 0) is 19.9 Å². The van der Waals surface area contributed by atoms with E-state index >= 15 is 0 Å². The van der Waals surface area contributed by atoms with Crippen molar-refractivity contribution in [1.29, 1.82) is 0 Å². The van der Waals surface area contributed by atoms with Gasteiger partial charge in [-0.1, -0.05) is 30.3 Å². The summed E-state index contributed by atoms with van der Waals surface area (Å²) < 4.78 is 1.65. The van der Waals surface area contributed by atoms with Crippen LogP contribution in [0.1, 0.15) is 40.2 Å². The van der Waals surface area contributed by atoms with Gasteiger partial charge in [-0.05, 0) is 38.5 Å². The lowest BCUT2D eigenvalue weighted by Gasteiger charge is -2.14. The molecule has 1 amide bonds. The van der Waals surface area contributed by atoms with Gasteiger partial charge in [-0.2, -0.15) is 5.10 Å². The van der Waals surface area contributed by atoms with Gasteiger partial charge in [0.1, 0.15) is 5.82 Å². The second-order valence-corrected chi connectivity index (χ2v) is 7.66. The maximum atomic E-state index is 12.6. The van der Waals surface area contributed by atoms with E-state index < -0.39 is 0 Å². The summed E-state index contributed by atoms with van der Waals surface area (Å²) in [5.74, 6) is 0.831. The van der Waals surface area contributed by atoms with Crippen molar-refractivity contribution in [2.24, 2.45) is 13.0 Å². The topological polar surface area (TPSA) is 92.7 Å². The smallest absolute Gasteiger partial charge is 0.254 e. The van der Waals surface area contributed by atoms with E-state index in [-0.39, 0.29) is 11.5 Å². The van der Waals surface area contributed by atoms with Crippen molar-refractivity contribution in [2.45, 2.75) is 32.6 Å². The lowest BCUT2D eigenvalue weighted by Crippen LogP contribution is -2.29. The molecular weight excluding hydrogens is 366 g/mol. The molecule has 0 saturated carbocycles. The van der Waals surface area contributed by atoms with E-state index in [0.717, 1.165) is 41.8 Å². The minimum absolute atomic E-state index is 0.0514. The molecule has 0 radical (unpaired) electrons. The average molecular weight is 391 g/mol. The number of aryl methyl sites for hydroxylation is 3. The van der Waals surface area contributed by atoms with Gasteiger partial charge in [-0.3, -0.25) is 14.3 Å². The Morgan fingerprint density at radius 1 is 1.24 bits per heavy atom. The Morgan fingerprint density at radius 2 is 2.00 bits per heavy atom. The third kappa shape index (κ3) is 4.13. The van der Waals surface area contributed by atoms with Crippen LogP contribution >= 0.6 is 0 Å². The van der Waals surface area contributed by atoms with Crippen molar-refractivity contribution in [3.63, 3.8) is 0 Å². The second kappa shape index (κ2) is 8.03. The van der Waals surface area contributed by atoms with E-state index in [2.05, 4.69) is 15.4 Å². The molecule has 3 aromatic rings. The normalized spacial score (nSPS) is 16.1. The largest absolute Gasteiger partial charge is 0.352 e. The van der Waals surface area contributed by atoms with Crippen molar-refractivity contribution in [1.82, 2.24) is 25.1 Å². The zero-order chi connectivity index (χ0) is 20.4. The standard InChI is InChI=1S/C22H25N5O2/c1-14-18(13-27(2)26-14)21(28)23-12-15-8-10-17-19(11-9-15)24-20(25-22(17)29)16-6-4-3-5-7-16/h3-7,13,15H,8-12H2,1-2H3,(H,23,28)(H,24,25,29). The van der Waals surface area contributed by atoms with Crippen LogP contribution in [0.3, 0.4) is 0 Å². The number of hydrogen-bond acceptors (Lipinski definition) is 4. The zero-order valence-corrected chi connectivity index (χ0v) is 16.7. The highest BCUT2D eigenvalue weighted by Gasteiger charge is 2.22. The molecular formula is C22H25N5O2. The Bertz CT molecular complexity index is 1080. The van der Waals surface area contributed by atoms with Crippen LogP contribution < -0.4 is 10.9 Å². The van der Waals surface area contributed by atoms with E-state index in [1.807, 2.05) is 37.3 Å². The molecule has 1 atom stereocenters. The van der Waals surface area contributed by atoms with Crippen LogP contribution in [0.5, 0.6) is 0 Å². The number of aromatic amines is 1. The van der Waals surface area contributed by atoms with Gasteiger partial charge in [0.2, 0.25) is 0 Å². The molecule has 29 heavy (non-hydrogen) atoms. The van der Waals surface area contributed by atoms with E-state index in [9.17, 15) is 9.59 Å². The number of nitrogens with one attached hydrogen (secondary N) is 2. The Balaban J connectivity index is 1.44. The number of amides is 1. The molecule has 150 valence electrons. The number of H-pyrrole nitrogens is 1. The number of carbonyl (C=O) groups excluding carboxylic acids is 1. The predicted octanol–water partition coefficient (Wildman–Crippen LogP) is 2.40. The summed E-state index contributed by atoms with van der Waals surface area (Å²) in [4.78, 5) is 32.8. The molecule has 1 aromatic carbocycles. The minimum Gasteiger partial charge on any atom is -0.352 e. The third-order valence-electron chi connectivity index (χ3n) is 5.55. The van der Waals surface area contributed by atoms with Gasteiger partial charge < -0.3 is 10.3 Å². The lowest BCUT2D eigenvalue weighted by molar-refractivity contribution is 0.0945. The first-order valence-electron chi connectivity index (χ1n) is 9.97. The highest BCUT2D eigenvalue weighted by atomic mass is 16.1. The van der Waals surface area contributed by atoms with Crippen molar-refractivity contribution in [2.75, 3.05) is 6.54 Å². The SMILES string of the molecule is Cc1nn(C)cc1C(=O)NCC1CCc2nc(-c3ccccc3)[nH]c(=O)c2CC1. The molecule has 1 unspecified atom stereocenters. The van der Waals surface area contributed by atoms with Crippen molar-refractivity contribution in [3.8, 4) is 11.4 Å². The average Bonchev–Trinajstić information content (AvgIpc) is 2.93. The molecule has 1 aliphatic carbocycles. The maximum absolute atomic E-state index is 12.6. The van der Waals surface area contributed by atoms with Gasteiger partial charge in [0.25, 0.3) is 11.5 Å². The Kier molecular flexibility index (Phi) is 5.29. The fourth-order valence-corrected chi connectivity index (χ4v) is 3.93. The summed E-state index contributed by atoms with van der Waals surface area (Å²) >= 11 is 0. The van der Waals surface area contributed by atoms with E-state index in [4.69, 9.17) is 4.98 Å². The van der Waals surface area contributed by atoms with Crippen LogP contribution in [0.4, 0.5) is 0 Å². The molecule has 7 nitrogen and oxygen atoms in total. The Labute approximate surface area is 169 Å². The number of fused-ring (bicyclic) bond motifs is 1. The number of aromatic nitrogens is 4. The number of nitrogens with zero attached hydrogens (tertiary/aromatic N) is 3. The van der Waals surface area contributed by atoms with E-state index in [1.165, 1.54) is 0 Å². The van der Waals surface area contributed by atoms with Gasteiger partial charge >= 0.3 is 0 Å². The first kappa shape index (κ1) is 19.1. The van der Waals surface area contributed by atoms with Crippen LogP contribution in [0.25, 0.3) is 11.4 Å². The molecule has 0 fully saturated rings.